The van der Waals surface area contributed by atoms with Crippen LogP contribution in [0.4, 0.5) is 0 Å². The number of aromatic amines is 1. The van der Waals surface area contributed by atoms with Crippen LogP contribution in [-0.2, 0) is 0 Å². The van der Waals surface area contributed by atoms with Crippen molar-refractivity contribution in [3.8, 4) is 17.2 Å². The van der Waals surface area contributed by atoms with Gasteiger partial charge in [-0.3, -0.25) is 4.79 Å². The summed E-state index contributed by atoms with van der Waals surface area (Å²) >= 11 is 0. The molecule has 0 atom stereocenters. The molecule has 0 aliphatic carbocycles. The Morgan fingerprint density at radius 2 is 1.83 bits per heavy atom. The van der Waals surface area contributed by atoms with Gasteiger partial charge in [-0.25, -0.2) is 9.89 Å². The van der Waals surface area contributed by atoms with E-state index in [1.807, 2.05) is 0 Å². The number of rotatable bonds is 5. The smallest absolute Gasteiger partial charge is 0.365 e. The van der Waals surface area contributed by atoms with E-state index in [0.717, 1.165) is 0 Å². The monoisotopic (exact) mass is 320 g/mol. The van der Waals surface area contributed by atoms with Gasteiger partial charge in [0, 0.05) is 5.56 Å². The Labute approximate surface area is 131 Å². The van der Waals surface area contributed by atoms with Gasteiger partial charge < -0.3 is 14.2 Å². The highest BCUT2D eigenvalue weighted by molar-refractivity contribution is 5.86. The van der Waals surface area contributed by atoms with Gasteiger partial charge >= 0.3 is 5.69 Å². The number of nitrogens with one attached hydrogen (secondary N) is 1. The van der Waals surface area contributed by atoms with E-state index in [-0.39, 0.29) is 5.69 Å². The number of nitrogens with zero attached hydrogens (tertiary/aromatic N) is 3. The second-order valence-corrected chi connectivity index (χ2v) is 4.40. The molecule has 0 spiro atoms. The summed E-state index contributed by atoms with van der Waals surface area (Å²) in [7, 11) is 4.44. The summed E-state index contributed by atoms with van der Waals surface area (Å²) in [5.74, 6) is 1.23. The minimum absolute atomic E-state index is 0.126. The topological polar surface area (TPSA) is 108 Å². The van der Waals surface area contributed by atoms with Crippen LogP contribution in [0.25, 0.3) is 0 Å². The number of H-pyrrole nitrogens is 1. The summed E-state index contributed by atoms with van der Waals surface area (Å²) in [6.07, 6.45) is 1.32. The third-order valence-electron chi connectivity index (χ3n) is 3.06. The molecule has 2 aromatic rings. The van der Waals surface area contributed by atoms with Crippen molar-refractivity contribution >= 4 is 6.21 Å². The molecule has 9 heteroatoms. The Bertz CT molecular complexity index is 853. The molecular weight excluding hydrogens is 304 g/mol. The van der Waals surface area contributed by atoms with Gasteiger partial charge in [0.1, 0.15) is 5.69 Å². The van der Waals surface area contributed by atoms with Gasteiger partial charge in [-0.1, -0.05) is 0 Å². The van der Waals surface area contributed by atoms with E-state index in [1.165, 1.54) is 34.5 Å². The first-order valence-electron chi connectivity index (χ1n) is 6.55. The van der Waals surface area contributed by atoms with Crippen LogP contribution in [0.2, 0.25) is 0 Å². The molecule has 0 bridgehead atoms. The molecule has 1 aromatic heterocycles. The lowest BCUT2D eigenvalue weighted by atomic mass is 10.2. The molecule has 122 valence electrons. The van der Waals surface area contributed by atoms with Gasteiger partial charge in [-0.05, 0) is 19.1 Å². The second kappa shape index (κ2) is 6.77. The maximum Gasteiger partial charge on any atom is 0.365 e. The van der Waals surface area contributed by atoms with E-state index >= 15 is 0 Å². The minimum atomic E-state index is -0.740. The largest absolute Gasteiger partial charge is 0.493 e. The van der Waals surface area contributed by atoms with Crippen LogP contribution in [0.3, 0.4) is 0 Å². The van der Waals surface area contributed by atoms with Crippen molar-refractivity contribution in [2.75, 3.05) is 21.3 Å². The molecule has 0 radical (unpaired) electrons. The van der Waals surface area contributed by atoms with Crippen LogP contribution in [0.1, 0.15) is 11.3 Å². The van der Waals surface area contributed by atoms with E-state index in [4.69, 9.17) is 14.2 Å². The predicted molar refractivity (Wildman–Crippen MR) is 82.9 cm³/mol. The molecule has 2 rings (SSSR count). The Kier molecular flexibility index (Phi) is 4.79. The van der Waals surface area contributed by atoms with Crippen molar-refractivity contribution in [1.82, 2.24) is 14.9 Å². The molecule has 0 aliphatic heterocycles. The fourth-order valence-electron chi connectivity index (χ4n) is 1.92. The molecule has 0 fully saturated rings. The van der Waals surface area contributed by atoms with Crippen molar-refractivity contribution in [1.29, 1.82) is 0 Å². The minimum Gasteiger partial charge on any atom is -0.493 e. The first-order chi connectivity index (χ1) is 11.0. The van der Waals surface area contributed by atoms with Gasteiger partial charge in [0.2, 0.25) is 5.75 Å². The number of methoxy groups -OCH3 is 3. The van der Waals surface area contributed by atoms with E-state index in [1.54, 1.807) is 12.1 Å². The summed E-state index contributed by atoms with van der Waals surface area (Å²) in [5.41, 5.74) is -0.715. The average molecular weight is 320 g/mol. The van der Waals surface area contributed by atoms with Crippen LogP contribution in [0, 0.1) is 6.92 Å². The summed E-state index contributed by atoms with van der Waals surface area (Å²) in [6.45, 7) is 1.47. The Morgan fingerprint density at radius 3 is 2.43 bits per heavy atom. The number of aromatic nitrogens is 3. The number of hydrogen-bond donors (Lipinski definition) is 1. The highest BCUT2D eigenvalue weighted by Gasteiger charge is 2.14. The summed E-state index contributed by atoms with van der Waals surface area (Å²) in [4.78, 5) is 23.5. The summed E-state index contributed by atoms with van der Waals surface area (Å²) in [6, 6.07) is 3.32. The van der Waals surface area contributed by atoms with Gasteiger partial charge in [0.05, 0.1) is 27.5 Å². The van der Waals surface area contributed by atoms with Crippen molar-refractivity contribution < 1.29 is 14.2 Å². The van der Waals surface area contributed by atoms with Crippen molar-refractivity contribution in [3.63, 3.8) is 0 Å². The van der Waals surface area contributed by atoms with Crippen LogP contribution >= 0.6 is 0 Å². The fraction of sp³-hybridized carbons (Fsp3) is 0.286. The Morgan fingerprint density at radius 1 is 1.13 bits per heavy atom. The van der Waals surface area contributed by atoms with Gasteiger partial charge in [-0.2, -0.15) is 10.2 Å². The van der Waals surface area contributed by atoms with E-state index in [2.05, 4.69) is 15.3 Å². The average Bonchev–Trinajstić information content (AvgIpc) is 2.57. The van der Waals surface area contributed by atoms with Crippen LogP contribution in [0.5, 0.6) is 17.2 Å². The molecular formula is C14H16N4O5. The SMILES string of the molecule is COc1ccc(/C=N\n2c(=O)[nH]nc(C)c2=O)c(OC)c1OC. The van der Waals surface area contributed by atoms with Crippen molar-refractivity contribution in [2.24, 2.45) is 5.10 Å². The van der Waals surface area contributed by atoms with Gasteiger partial charge in [0.25, 0.3) is 5.56 Å². The summed E-state index contributed by atoms with van der Waals surface area (Å²) < 4.78 is 16.4. The zero-order chi connectivity index (χ0) is 17.0. The highest BCUT2D eigenvalue weighted by Crippen LogP contribution is 2.38. The molecule has 0 amide bonds. The van der Waals surface area contributed by atoms with E-state index in [9.17, 15) is 9.59 Å². The number of hydrogen-bond acceptors (Lipinski definition) is 7. The van der Waals surface area contributed by atoms with E-state index in [0.29, 0.717) is 27.5 Å². The van der Waals surface area contributed by atoms with Crippen LogP contribution < -0.4 is 25.5 Å². The molecule has 1 heterocycles. The zero-order valence-corrected chi connectivity index (χ0v) is 13.1. The van der Waals surface area contributed by atoms with Crippen LogP contribution in [-0.4, -0.2) is 42.4 Å². The zero-order valence-electron chi connectivity index (χ0n) is 13.1. The first kappa shape index (κ1) is 16.3. The quantitative estimate of drug-likeness (QED) is 0.786. The van der Waals surface area contributed by atoms with Crippen molar-refractivity contribution in [3.05, 3.63) is 44.2 Å². The predicted octanol–water partition coefficient (Wildman–Crippen LogP) is 0.148. The molecule has 0 saturated heterocycles. The molecule has 23 heavy (non-hydrogen) atoms. The number of aryl methyl sites for hydroxylation is 1. The highest BCUT2D eigenvalue weighted by atomic mass is 16.5. The first-order valence-corrected chi connectivity index (χ1v) is 6.55. The lowest BCUT2D eigenvalue weighted by molar-refractivity contribution is 0.324. The third kappa shape index (κ3) is 3.07. The normalized spacial score (nSPS) is 10.8. The summed E-state index contributed by atoms with van der Waals surface area (Å²) in [5, 5.41) is 9.65. The van der Waals surface area contributed by atoms with Crippen molar-refractivity contribution in [2.45, 2.75) is 6.92 Å². The molecule has 1 aromatic carbocycles. The van der Waals surface area contributed by atoms with Gasteiger partial charge in [0.15, 0.2) is 11.5 Å². The third-order valence-corrected chi connectivity index (χ3v) is 3.06. The standard InChI is InChI=1S/C14H16N4O5/c1-8-13(19)18(14(20)17-16-8)15-7-9-5-6-10(21-2)12(23-4)11(9)22-3/h5-7H,1-4H3,(H,17,20)/b15-7-. The lowest BCUT2D eigenvalue weighted by Gasteiger charge is -2.13. The molecule has 9 nitrogen and oxygen atoms in total. The molecule has 0 aliphatic rings. The Balaban J connectivity index is 2.55. The molecule has 0 unspecified atom stereocenters. The van der Waals surface area contributed by atoms with Gasteiger partial charge in [-0.15, -0.1) is 4.68 Å². The molecule has 0 saturated carbocycles. The second-order valence-electron chi connectivity index (χ2n) is 4.40. The number of ether oxygens (including phenoxy) is 3. The van der Waals surface area contributed by atoms with Crippen LogP contribution in [0.15, 0.2) is 26.8 Å². The lowest BCUT2D eigenvalue weighted by Crippen LogP contribution is -2.35. The number of benzene rings is 1. The molecule has 1 N–H and O–H groups in total. The fourth-order valence-corrected chi connectivity index (χ4v) is 1.92. The Hall–Kier alpha value is -3.10. The maximum absolute atomic E-state index is 11.9. The maximum atomic E-state index is 11.9. The van der Waals surface area contributed by atoms with E-state index < -0.39 is 11.2 Å².